The molecule has 0 atom stereocenters. The van der Waals surface area contributed by atoms with Gasteiger partial charge in [0.1, 0.15) is 5.82 Å². The van der Waals surface area contributed by atoms with E-state index >= 15 is 0 Å². The molecule has 0 fully saturated rings. The van der Waals surface area contributed by atoms with Gasteiger partial charge in [-0.3, -0.25) is 0 Å². The lowest BCUT2D eigenvalue weighted by Crippen LogP contribution is -2.08. The highest BCUT2D eigenvalue weighted by Crippen LogP contribution is 2.25. The minimum absolute atomic E-state index is 0.240. The predicted octanol–water partition coefficient (Wildman–Crippen LogP) is 2.63. The van der Waals surface area contributed by atoms with Gasteiger partial charge in [-0.05, 0) is 34.1 Å². The smallest absolute Gasteiger partial charge is 0.222 e. The number of nitrogen functional groups attached to an aromatic ring is 1. The van der Waals surface area contributed by atoms with E-state index in [0.29, 0.717) is 5.82 Å². The van der Waals surface area contributed by atoms with Crippen molar-refractivity contribution in [2.45, 2.75) is 0 Å². The van der Waals surface area contributed by atoms with Gasteiger partial charge in [0.05, 0.1) is 4.47 Å². The van der Waals surface area contributed by atoms with Crippen LogP contribution in [-0.2, 0) is 0 Å². The van der Waals surface area contributed by atoms with Crippen molar-refractivity contribution in [1.29, 1.82) is 0 Å². The number of nitrogens with zero attached hydrogens (tertiary/aromatic N) is 3. The Morgan fingerprint density at radius 1 is 1.33 bits per heavy atom. The van der Waals surface area contributed by atoms with Gasteiger partial charge in [-0.1, -0.05) is 6.07 Å². The summed E-state index contributed by atoms with van der Waals surface area (Å²) in [4.78, 5) is 10.1. The molecule has 0 radical (unpaired) electrons. The fraction of sp³-hybridized carbons (Fsp3) is 0.167. The Labute approximate surface area is 114 Å². The summed E-state index contributed by atoms with van der Waals surface area (Å²) in [6, 6.07) is 8.02. The van der Waals surface area contributed by atoms with Crippen molar-refractivity contribution in [3.05, 3.63) is 34.9 Å². The van der Waals surface area contributed by atoms with E-state index in [1.807, 2.05) is 43.3 Å². The summed E-state index contributed by atoms with van der Waals surface area (Å²) in [5.41, 5.74) is 7.62. The van der Waals surface area contributed by atoms with Crippen LogP contribution in [0.15, 0.2) is 34.9 Å². The van der Waals surface area contributed by atoms with E-state index in [1.165, 1.54) is 0 Å². The number of nitrogens with two attached hydrogens (primary N) is 1. The molecule has 0 saturated heterocycles. The Morgan fingerprint density at radius 2 is 2.11 bits per heavy atom. The average Bonchev–Trinajstić information content (AvgIpc) is 2.34. The zero-order valence-electron chi connectivity index (χ0n) is 10.2. The molecule has 0 bridgehead atoms. The number of hydrogen-bond acceptors (Lipinski definition) is 5. The van der Waals surface area contributed by atoms with E-state index in [9.17, 15) is 0 Å². The van der Waals surface area contributed by atoms with Crippen molar-refractivity contribution in [2.75, 3.05) is 30.0 Å². The molecule has 2 rings (SSSR count). The van der Waals surface area contributed by atoms with Crippen LogP contribution < -0.4 is 16.0 Å². The molecule has 1 aromatic heterocycles. The van der Waals surface area contributed by atoms with Crippen LogP contribution in [0.1, 0.15) is 0 Å². The standard InChI is InChI=1S/C12H14BrN5/c1-18(2)9-5-3-4-8(6-9)16-11-10(13)7-15-12(14)17-11/h3-7H,1-2H3,(H3,14,15,16,17). The van der Waals surface area contributed by atoms with E-state index in [4.69, 9.17) is 5.73 Å². The number of aromatic nitrogens is 2. The number of hydrogen-bond donors (Lipinski definition) is 2. The van der Waals surface area contributed by atoms with Crippen LogP contribution in [0.4, 0.5) is 23.1 Å². The monoisotopic (exact) mass is 307 g/mol. The zero-order chi connectivity index (χ0) is 13.1. The fourth-order valence-electron chi connectivity index (χ4n) is 1.47. The summed E-state index contributed by atoms with van der Waals surface area (Å²) in [6.45, 7) is 0. The van der Waals surface area contributed by atoms with Gasteiger partial charge in [-0.2, -0.15) is 4.98 Å². The molecule has 94 valence electrons. The van der Waals surface area contributed by atoms with Crippen LogP contribution >= 0.6 is 15.9 Å². The van der Waals surface area contributed by atoms with E-state index in [1.54, 1.807) is 6.20 Å². The molecule has 0 aliphatic rings. The summed E-state index contributed by atoms with van der Waals surface area (Å²) in [5.74, 6) is 0.892. The Balaban J connectivity index is 2.28. The molecule has 0 spiro atoms. The van der Waals surface area contributed by atoms with Crippen LogP contribution in [0.5, 0.6) is 0 Å². The highest BCUT2D eigenvalue weighted by Gasteiger charge is 2.04. The number of nitrogens with one attached hydrogen (secondary N) is 1. The third-order valence-electron chi connectivity index (χ3n) is 2.39. The first-order valence-corrected chi connectivity index (χ1v) is 6.18. The van der Waals surface area contributed by atoms with Gasteiger partial charge in [0.15, 0.2) is 0 Å². The maximum absolute atomic E-state index is 5.57. The van der Waals surface area contributed by atoms with Gasteiger partial charge in [0.25, 0.3) is 0 Å². The van der Waals surface area contributed by atoms with Crippen LogP contribution in [0, 0.1) is 0 Å². The topological polar surface area (TPSA) is 67.1 Å². The number of benzene rings is 1. The first-order valence-electron chi connectivity index (χ1n) is 5.38. The molecule has 3 N–H and O–H groups in total. The SMILES string of the molecule is CN(C)c1cccc(Nc2nc(N)ncc2Br)c1. The highest BCUT2D eigenvalue weighted by molar-refractivity contribution is 9.10. The quantitative estimate of drug-likeness (QED) is 0.912. The molecule has 0 saturated carbocycles. The van der Waals surface area contributed by atoms with Crippen LogP contribution in [0.25, 0.3) is 0 Å². The van der Waals surface area contributed by atoms with E-state index in [2.05, 4.69) is 31.2 Å². The highest BCUT2D eigenvalue weighted by atomic mass is 79.9. The van der Waals surface area contributed by atoms with Crippen molar-refractivity contribution >= 4 is 39.1 Å². The van der Waals surface area contributed by atoms with Gasteiger partial charge in [-0.25, -0.2) is 4.98 Å². The van der Waals surface area contributed by atoms with Crippen molar-refractivity contribution in [3.63, 3.8) is 0 Å². The Hall–Kier alpha value is -1.82. The molecule has 0 aliphatic carbocycles. The second-order valence-electron chi connectivity index (χ2n) is 3.99. The number of anilines is 4. The second kappa shape index (κ2) is 5.22. The number of halogens is 1. The molecule has 1 aromatic carbocycles. The largest absolute Gasteiger partial charge is 0.378 e. The maximum atomic E-state index is 5.57. The van der Waals surface area contributed by atoms with Crippen LogP contribution in [-0.4, -0.2) is 24.1 Å². The molecule has 0 aliphatic heterocycles. The second-order valence-corrected chi connectivity index (χ2v) is 4.85. The maximum Gasteiger partial charge on any atom is 0.222 e. The summed E-state index contributed by atoms with van der Waals surface area (Å²) < 4.78 is 0.770. The Morgan fingerprint density at radius 3 is 2.83 bits per heavy atom. The first-order chi connectivity index (χ1) is 8.56. The number of rotatable bonds is 3. The van der Waals surface area contributed by atoms with E-state index in [0.717, 1.165) is 15.8 Å². The van der Waals surface area contributed by atoms with Crippen LogP contribution in [0.3, 0.4) is 0 Å². The zero-order valence-corrected chi connectivity index (χ0v) is 11.8. The molecule has 1 heterocycles. The van der Waals surface area contributed by atoms with Crippen molar-refractivity contribution in [1.82, 2.24) is 9.97 Å². The molecule has 5 nitrogen and oxygen atoms in total. The summed E-state index contributed by atoms with van der Waals surface area (Å²) >= 11 is 3.38. The third kappa shape index (κ3) is 2.89. The lowest BCUT2D eigenvalue weighted by Gasteiger charge is -2.14. The van der Waals surface area contributed by atoms with E-state index < -0.39 is 0 Å². The lowest BCUT2D eigenvalue weighted by atomic mass is 10.2. The predicted molar refractivity (Wildman–Crippen MR) is 78.2 cm³/mol. The van der Waals surface area contributed by atoms with Crippen LogP contribution in [0.2, 0.25) is 0 Å². The summed E-state index contributed by atoms with van der Waals surface area (Å²) in [6.07, 6.45) is 1.63. The lowest BCUT2D eigenvalue weighted by molar-refractivity contribution is 1.13. The molecular formula is C12H14BrN5. The fourth-order valence-corrected chi connectivity index (χ4v) is 1.76. The van der Waals surface area contributed by atoms with Gasteiger partial charge in [0, 0.05) is 31.7 Å². The minimum Gasteiger partial charge on any atom is -0.378 e. The third-order valence-corrected chi connectivity index (χ3v) is 2.97. The molecule has 6 heteroatoms. The first kappa shape index (κ1) is 12.6. The van der Waals surface area contributed by atoms with Crippen molar-refractivity contribution in [2.24, 2.45) is 0 Å². The molecule has 18 heavy (non-hydrogen) atoms. The minimum atomic E-state index is 0.240. The summed E-state index contributed by atoms with van der Waals surface area (Å²) in [7, 11) is 4.00. The van der Waals surface area contributed by atoms with Gasteiger partial charge >= 0.3 is 0 Å². The van der Waals surface area contributed by atoms with Gasteiger partial charge in [-0.15, -0.1) is 0 Å². The molecular weight excluding hydrogens is 294 g/mol. The molecule has 0 unspecified atom stereocenters. The normalized spacial score (nSPS) is 10.2. The van der Waals surface area contributed by atoms with Crippen molar-refractivity contribution in [3.8, 4) is 0 Å². The van der Waals surface area contributed by atoms with Gasteiger partial charge in [0.2, 0.25) is 5.95 Å². The Bertz CT molecular complexity index is 556. The van der Waals surface area contributed by atoms with E-state index in [-0.39, 0.29) is 5.95 Å². The van der Waals surface area contributed by atoms with Gasteiger partial charge < -0.3 is 16.0 Å². The van der Waals surface area contributed by atoms with Crippen molar-refractivity contribution < 1.29 is 0 Å². The molecule has 2 aromatic rings. The molecule has 0 amide bonds. The Kier molecular flexibility index (Phi) is 3.66. The summed E-state index contributed by atoms with van der Waals surface area (Å²) in [5, 5.41) is 3.20. The average molecular weight is 308 g/mol.